The van der Waals surface area contributed by atoms with Gasteiger partial charge in [-0.1, -0.05) is 18.2 Å². The third kappa shape index (κ3) is 2.97. The number of para-hydroxylation sites is 1. The van der Waals surface area contributed by atoms with Crippen LogP contribution in [0.25, 0.3) is 5.69 Å². The summed E-state index contributed by atoms with van der Waals surface area (Å²) in [5, 5.41) is 7.22. The van der Waals surface area contributed by atoms with Crippen LogP contribution in [0, 0.1) is 6.92 Å². The normalized spacial score (nSPS) is 15.0. The van der Waals surface area contributed by atoms with Crippen molar-refractivity contribution in [2.24, 2.45) is 0 Å². The fraction of sp³-hybridized carbons (Fsp3) is 0.176. The molecule has 26 heavy (non-hydrogen) atoms. The highest BCUT2D eigenvalue weighted by Crippen LogP contribution is 2.34. The van der Waals surface area contributed by atoms with Crippen molar-refractivity contribution in [3.05, 3.63) is 63.6 Å². The van der Waals surface area contributed by atoms with Crippen LogP contribution >= 0.6 is 15.9 Å². The lowest BCUT2D eigenvalue weighted by Crippen LogP contribution is -2.16. The van der Waals surface area contributed by atoms with Crippen LogP contribution in [-0.4, -0.2) is 24.1 Å². The number of hydrogen-bond acceptors (Lipinski definition) is 5. The minimum Gasteiger partial charge on any atom is -0.444 e. The maximum atomic E-state index is 12.5. The number of nitrogens with one attached hydrogen (secondary N) is 1. The number of aromatic nitrogens is 2. The molecule has 1 aromatic carbocycles. The Balaban J connectivity index is 1.81. The average molecular weight is 436 g/mol. The van der Waals surface area contributed by atoms with Crippen molar-refractivity contribution in [3.8, 4) is 5.69 Å². The molecule has 0 aliphatic carbocycles. The van der Waals surface area contributed by atoms with E-state index in [9.17, 15) is 13.2 Å². The summed E-state index contributed by atoms with van der Waals surface area (Å²) in [6.45, 7) is 1.92. The van der Waals surface area contributed by atoms with Crippen molar-refractivity contribution in [2.75, 3.05) is 5.32 Å². The van der Waals surface area contributed by atoms with E-state index >= 15 is 0 Å². The van der Waals surface area contributed by atoms with E-state index in [0.29, 0.717) is 21.7 Å². The number of hydrogen-bond donors (Lipinski definition) is 1. The maximum absolute atomic E-state index is 12.5. The van der Waals surface area contributed by atoms with E-state index in [1.807, 2.05) is 31.2 Å². The second-order valence-electron chi connectivity index (χ2n) is 6.06. The van der Waals surface area contributed by atoms with Gasteiger partial charge in [0.1, 0.15) is 5.82 Å². The lowest BCUT2D eigenvalue weighted by Gasteiger charge is -2.12. The topological polar surface area (TPSA) is 94.2 Å². The minimum absolute atomic E-state index is 0.115. The quantitative estimate of drug-likeness (QED) is 0.681. The zero-order valence-electron chi connectivity index (χ0n) is 13.7. The molecule has 0 radical (unpaired) electrons. The first-order chi connectivity index (χ1) is 12.3. The number of furan rings is 1. The summed E-state index contributed by atoms with van der Waals surface area (Å²) in [5.74, 6) is -0.281. The smallest absolute Gasteiger partial charge is 0.292 e. The highest BCUT2D eigenvalue weighted by molar-refractivity contribution is 9.10. The molecule has 3 aromatic rings. The van der Waals surface area contributed by atoms with Crippen LogP contribution in [-0.2, 0) is 21.3 Å². The van der Waals surface area contributed by atoms with Gasteiger partial charge in [-0.2, -0.15) is 5.10 Å². The Bertz CT molecular complexity index is 1130. The molecule has 0 atom stereocenters. The molecule has 0 unspecified atom stereocenters. The largest absolute Gasteiger partial charge is 0.444 e. The van der Waals surface area contributed by atoms with Gasteiger partial charge < -0.3 is 9.73 Å². The molecule has 4 rings (SSSR count). The van der Waals surface area contributed by atoms with Gasteiger partial charge in [0.15, 0.2) is 20.3 Å². The van der Waals surface area contributed by atoms with Gasteiger partial charge in [-0.05, 0) is 46.6 Å². The van der Waals surface area contributed by atoms with Crippen molar-refractivity contribution in [3.63, 3.8) is 0 Å². The lowest BCUT2D eigenvalue weighted by atomic mass is 10.2. The van der Waals surface area contributed by atoms with Crippen molar-refractivity contribution >= 4 is 37.5 Å². The molecule has 1 aliphatic heterocycles. The van der Waals surface area contributed by atoms with Crippen molar-refractivity contribution in [1.29, 1.82) is 0 Å². The molecule has 1 aliphatic rings. The molecular weight excluding hydrogens is 422 g/mol. The summed E-state index contributed by atoms with van der Waals surface area (Å²) in [7, 11) is -3.25. The van der Waals surface area contributed by atoms with Gasteiger partial charge in [0.25, 0.3) is 5.91 Å². The molecule has 134 valence electrons. The predicted octanol–water partition coefficient (Wildman–Crippen LogP) is 3.22. The molecule has 1 amide bonds. The molecule has 0 spiro atoms. The van der Waals surface area contributed by atoms with Crippen molar-refractivity contribution in [1.82, 2.24) is 9.78 Å². The summed E-state index contributed by atoms with van der Waals surface area (Å²) in [6, 6.07) is 10.7. The van der Waals surface area contributed by atoms with Crippen LogP contribution in [0.2, 0.25) is 0 Å². The van der Waals surface area contributed by atoms with Crippen LogP contribution < -0.4 is 5.32 Å². The van der Waals surface area contributed by atoms with Gasteiger partial charge in [-0.25, -0.2) is 13.1 Å². The number of nitrogens with zero attached hydrogens (tertiary/aromatic N) is 2. The zero-order chi connectivity index (χ0) is 18.5. The predicted molar refractivity (Wildman–Crippen MR) is 99.0 cm³/mol. The van der Waals surface area contributed by atoms with Gasteiger partial charge in [0, 0.05) is 5.56 Å². The van der Waals surface area contributed by atoms with E-state index in [2.05, 4.69) is 26.3 Å². The number of aryl methyl sites for hydroxylation is 1. The molecule has 1 N–H and O–H groups in total. The Morgan fingerprint density at radius 1 is 1.23 bits per heavy atom. The number of sulfone groups is 1. The van der Waals surface area contributed by atoms with Crippen LogP contribution in [0.5, 0.6) is 0 Å². The summed E-state index contributed by atoms with van der Waals surface area (Å²) >= 11 is 3.16. The number of rotatable bonds is 3. The van der Waals surface area contributed by atoms with Crippen LogP contribution in [0.15, 0.2) is 45.5 Å². The van der Waals surface area contributed by atoms with E-state index in [0.717, 1.165) is 11.3 Å². The summed E-state index contributed by atoms with van der Waals surface area (Å²) in [6.07, 6.45) is 0. The third-order valence-electron chi connectivity index (χ3n) is 4.16. The Kier molecular flexibility index (Phi) is 4.00. The Labute approximate surface area is 158 Å². The number of halogens is 1. The molecule has 2 aromatic heterocycles. The van der Waals surface area contributed by atoms with E-state index in [4.69, 9.17) is 4.42 Å². The SMILES string of the molecule is Cc1ccccc1-n1nc2c(c1NC(=O)c1ccc(Br)o1)CS(=O)(=O)C2. The van der Waals surface area contributed by atoms with E-state index in [1.165, 1.54) is 6.07 Å². The molecular formula is C17H14BrN3O4S. The lowest BCUT2D eigenvalue weighted by molar-refractivity contribution is 0.0994. The third-order valence-corrected chi connectivity index (χ3v) is 6.03. The second kappa shape index (κ2) is 6.10. The first kappa shape index (κ1) is 17.0. The Morgan fingerprint density at radius 2 is 2.00 bits per heavy atom. The number of anilines is 1. The molecule has 7 nitrogen and oxygen atoms in total. The number of carbonyl (C=O) groups excluding carboxylic acids is 1. The van der Waals surface area contributed by atoms with Gasteiger partial charge in [-0.3, -0.25) is 4.79 Å². The number of carbonyl (C=O) groups is 1. The van der Waals surface area contributed by atoms with Crippen LogP contribution in [0.4, 0.5) is 5.82 Å². The van der Waals surface area contributed by atoms with Gasteiger partial charge in [0.2, 0.25) is 0 Å². The maximum Gasteiger partial charge on any atom is 0.292 e. The second-order valence-corrected chi connectivity index (χ2v) is 8.91. The van der Waals surface area contributed by atoms with E-state index < -0.39 is 15.7 Å². The van der Waals surface area contributed by atoms with E-state index in [1.54, 1.807) is 10.7 Å². The molecule has 3 heterocycles. The van der Waals surface area contributed by atoms with E-state index in [-0.39, 0.29) is 17.3 Å². The highest BCUT2D eigenvalue weighted by Gasteiger charge is 2.33. The monoisotopic (exact) mass is 435 g/mol. The fourth-order valence-electron chi connectivity index (χ4n) is 2.95. The average Bonchev–Trinajstić information content (AvgIpc) is 3.22. The number of benzene rings is 1. The number of amides is 1. The highest BCUT2D eigenvalue weighted by atomic mass is 79.9. The summed E-state index contributed by atoms with van der Waals surface area (Å²) in [4.78, 5) is 12.5. The Hall–Kier alpha value is -2.39. The summed E-state index contributed by atoms with van der Waals surface area (Å²) < 4.78 is 31.3. The molecule has 9 heteroatoms. The first-order valence-corrected chi connectivity index (χ1v) is 10.4. The fourth-order valence-corrected chi connectivity index (χ4v) is 4.75. The van der Waals surface area contributed by atoms with Gasteiger partial charge >= 0.3 is 0 Å². The molecule has 0 saturated carbocycles. The number of fused-ring (bicyclic) bond motifs is 1. The van der Waals surface area contributed by atoms with Gasteiger partial charge in [0.05, 0.1) is 22.9 Å². The standard InChI is InChI=1S/C17H14BrN3O4S/c1-10-4-2-3-5-13(10)21-16(11-8-26(23,24)9-12(11)20-21)19-17(22)14-6-7-15(18)25-14/h2-7H,8-9H2,1H3,(H,19,22). The van der Waals surface area contributed by atoms with Crippen LogP contribution in [0.1, 0.15) is 27.4 Å². The molecule has 0 fully saturated rings. The summed E-state index contributed by atoms with van der Waals surface area (Å²) in [5.41, 5.74) is 2.71. The Morgan fingerprint density at radius 3 is 2.69 bits per heavy atom. The molecule has 0 saturated heterocycles. The van der Waals surface area contributed by atoms with Crippen molar-refractivity contribution < 1.29 is 17.6 Å². The minimum atomic E-state index is -3.25. The molecule has 0 bridgehead atoms. The zero-order valence-corrected chi connectivity index (χ0v) is 16.1. The van der Waals surface area contributed by atoms with Gasteiger partial charge in [-0.15, -0.1) is 0 Å². The first-order valence-electron chi connectivity index (χ1n) is 7.78. The van der Waals surface area contributed by atoms with Crippen molar-refractivity contribution in [2.45, 2.75) is 18.4 Å². The van der Waals surface area contributed by atoms with Crippen LogP contribution in [0.3, 0.4) is 0 Å².